The van der Waals surface area contributed by atoms with Gasteiger partial charge in [-0.2, -0.15) is 0 Å². The molecule has 0 aromatic heterocycles. The average molecular weight is 477 g/mol. The number of nitrogens with two attached hydrogens (primary N) is 1. The summed E-state index contributed by atoms with van der Waals surface area (Å²) in [5.41, 5.74) is 5.05. The Morgan fingerprint density at radius 3 is 1.66 bits per heavy atom. The van der Waals surface area contributed by atoms with Crippen molar-refractivity contribution in [2.75, 3.05) is 18.1 Å². The molecule has 6 heteroatoms. The predicted octanol–water partition coefficient (Wildman–Crippen LogP) is 6.45. The first-order chi connectivity index (χ1) is 15.7. The van der Waals surface area contributed by atoms with Crippen molar-refractivity contribution in [1.82, 2.24) is 5.32 Å². The molecule has 4 nitrogen and oxygen atoms in total. The van der Waals surface area contributed by atoms with E-state index in [1.165, 1.54) is 10.8 Å². The average Bonchev–Trinajstić information content (AvgIpc) is 2.77. The quantitative estimate of drug-likeness (QED) is 0.120. The van der Waals surface area contributed by atoms with Crippen LogP contribution in [0.3, 0.4) is 0 Å². The van der Waals surface area contributed by atoms with Gasteiger partial charge >= 0.3 is 0 Å². The monoisotopic (exact) mass is 476 g/mol. The summed E-state index contributed by atoms with van der Waals surface area (Å²) in [6.45, 7) is 2.76. The summed E-state index contributed by atoms with van der Waals surface area (Å²) < 4.78 is 0. The molecule has 0 saturated heterocycles. The van der Waals surface area contributed by atoms with Gasteiger partial charge in [-0.3, -0.25) is 9.59 Å². The minimum atomic E-state index is -0.317. The Labute approximate surface area is 203 Å². The normalized spacial score (nSPS) is 12.5. The van der Waals surface area contributed by atoms with Gasteiger partial charge in [0.25, 0.3) is 0 Å². The van der Waals surface area contributed by atoms with Gasteiger partial charge in [-0.1, -0.05) is 101 Å². The number of carbonyl (C=O) groups is 2. The standard InChI is InChI=1S/C26H40N2O2S2/c1-2-3-4-5-6-7-8-9-10-11-12-13-14-15-16-17-18-19-20-21-26(30)28-22-23-31-32-24-25(27)29/h3-4,6-7,9-10,12-13,15-16,18-19H,2,5,8,11,14,17,20-24H2,1H3,(H2,27,29)(H,28,30)/b4-3-,7-6-,10-9-,13-12-,16-15-,19-18-. The first-order valence-electron chi connectivity index (χ1n) is 11.4. The molecule has 0 radical (unpaired) electrons. The van der Waals surface area contributed by atoms with E-state index in [0.29, 0.717) is 18.7 Å². The Kier molecular flexibility index (Phi) is 23.8. The molecule has 0 aliphatic rings. The van der Waals surface area contributed by atoms with Crippen molar-refractivity contribution in [1.29, 1.82) is 0 Å². The molecule has 0 unspecified atom stereocenters. The van der Waals surface area contributed by atoms with E-state index in [-0.39, 0.29) is 11.8 Å². The zero-order chi connectivity index (χ0) is 23.5. The zero-order valence-corrected chi connectivity index (χ0v) is 21.0. The van der Waals surface area contributed by atoms with Gasteiger partial charge in [-0.25, -0.2) is 0 Å². The Balaban J connectivity index is 3.54. The smallest absolute Gasteiger partial charge is 0.228 e. The lowest BCUT2D eigenvalue weighted by Gasteiger charge is -2.03. The van der Waals surface area contributed by atoms with Crippen LogP contribution in [0.15, 0.2) is 72.9 Å². The lowest BCUT2D eigenvalue weighted by molar-refractivity contribution is -0.121. The second-order valence-electron chi connectivity index (χ2n) is 6.85. The third-order valence-electron chi connectivity index (χ3n) is 3.93. The summed E-state index contributed by atoms with van der Waals surface area (Å²) in [4.78, 5) is 22.3. The largest absolute Gasteiger partial charge is 0.369 e. The van der Waals surface area contributed by atoms with Crippen molar-refractivity contribution >= 4 is 33.4 Å². The van der Waals surface area contributed by atoms with Crippen LogP contribution >= 0.6 is 21.6 Å². The Morgan fingerprint density at radius 1 is 0.719 bits per heavy atom. The summed E-state index contributed by atoms with van der Waals surface area (Å²) >= 11 is 0. The summed E-state index contributed by atoms with van der Waals surface area (Å²) in [6, 6.07) is 0. The maximum atomic E-state index is 11.7. The first-order valence-corrected chi connectivity index (χ1v) is 13.8. The molecule has 0 aromatic carbocycles. The highest BCUT2D eigenvalue weighted by atomic mass is 33.1. The highest BCUT2D eigenvalue weighted by molar-refractivity contribution is 8.76. The Hall–Kier alpha value is -1.92. The molecule has 2 amide bonds. The van der Waals surface area contributed by atoms with Crippen LogP contribution in [0.4, 0.5) is 0 Å². The Bertz CT molecular complexity index is 650. The summed E-state index contributed by atoms with van der Waals surface area (Å²) in [6.07, 6.45) is 33.2. The van der Waals surface area contributed by atoms with E-state index < -0.39 is 0 Å². The summed E-state index contributed by atoms with van der Waals surface area (Å²) in [5, 5.41) is 2.87. The van der Waals surface area contributed by atoms with Crippen molar-refractivity contribution in [2.24, 2.45) is 5.73 Å². The van der Waals surface area contributed by atoms with Gasteiger partial charge in [0.15, 0.2) is 0 Å². The maximum Gasteiger partial charge on any atom is 0.228 e. The number of hydrogen-bond donors (Lipinski definition) is 2. The van der Waals surface area contributed by atoms with Gasteiger partial charge in [0.2, 0.25) is 11.8 Å². The molecule has 178 valence electrons. The van der Waals surface area contributed by atoms with E-state index in [2.05, 4.69) is 85.2 Å². The molecule has 0 bridgehead atoms. The molecule has 0 rings (SSSR count). The lowest BCUT2D eigenvalue weighted by atomic mass is 10.2. The van der Waals surface area contributed by atoms with E-state index in [1.807, 2.05) is 0 Å². The van der Waals surface area contributed by atoms with E-state index in [9.17, 15) is 9.59 Å². The second kappa shape index (κ2) is 25.3. The van der Waals surface area contributed by atoms with Crippen LogP contribution in [-0.2, 0) is 9.59 Å². The molecule has 0 fully saturated rings. The van der Waals surface area contributed by atoms with Gasteiger partial charge in [0.05, 0.1) is 5.75 Å². The van der Waals surface area contributed by atoms with Crippen molar-refractivity contribution in [3.05, 3.63) is 72.9 Å². The van der Waals surface area contributed by atoms with Crippen LogP contribution in [0.25, 0.3) is 0 Å². The first kappa shape index (κ1) is 30.1. The molecular weight excluding hydrogens is 436 g/mol. The molecule has 0 atom stereocenters. The predicted molar refractivity (Wildman–Crippen MR) is 145 cm³/mol. The van der Waals surface area contributed by atoms with Crippen LogP contribution in [0.2, 0.25) is 0 Å². The highest BCUT2D eigenvalue weighted by Crippen LogP contribution is 2.19. The number of amides is 2. The molecular formula is C26H40N2O2S2. The van der Waals surface area contributed by atoms with Crippen LogP contribution < -0.4 is 11.1 Å². The van der Waals surface area contributed by atoms with Gasteiger partial charge in [0, 0.05) is 18.7 Å². The van der Waals surface area contributed by atoms with Crippen LogP contribution in [0, 0.1) is 0 Å². The number of rotatable bonds is 20. The molecule has 0 aliphatic carbocycles. The van der Waals surface area contributed by atoms with Crippen molar-refractivity contribution in [3.63, 3.8) is 0 Å². The topological polar surface area (TPSA) is 72.2 Å². The minimum Gasteiger partial charge on any atom is -0.369 e. The van der Waals surface area contributed by atoms with Crippen molar-refractivity contribution < 1.29 is 9.59 Å². The number of allylic oxidation sites excluding steroid dienone is 12. The van der Waals surface area contributed by atoms with Gasteiger partial charge in [-0.05, 0) is 44.9 Å². The fourth-order valence-electron chi connectivity index (χ4n) is 2.33. The van der Waals surface area contributed by atoms with Gasteiger partial charge in [0.1, 0.15) is 0 Å². The fraction of sp³-hybridized carbons (Fsp3) is 0.462. The van der Waals surface area contributed by atoms with Crippen LogP contribution in [0.1, 0.15) is 58.3 Å². The second-order valence-corrected chi connectivity index (χ2v) is 9.44. The van der Waals surface area contributed by atoms with E-state index >= 15 is 0 Å². The third-order valence-corrected chi connectivity index (χ3v) is 6.22. The number of hydrogen-bond acceptors (Lipinski definition) is 4. The van der Waals surface area contributed by atoms with E-state index in [1.54, 1.807) is 10.8 Å². The van der Waals surface area contributed by atoms with E-state index in [4.69, 9.17) is 5.73 Å². The number of nitrogens with one attached hydrogen (secondary N) is 1. The third kappa shape index (κ3) is 26.1. The zero-order valence-electron chi connectivity index (χ0n) is 19.4. The number of primary amides is 1. The molecule has 0 aromatic rings. The lowest BCUT2D eigenvalue weighted by Crippen LogP contribution is -2.25. The van der Waals surface area contributed by atoms with Gasteiger partial charge in [-0.15, -0.1) is 0 Å². The van der Waals surface area contributed by atoms with E-state index in [0.717, 1.165) is 50.7 Å². The number of carbonyl (C=O) groups excluding carboxylic acids is 2. The summed E-state index contributed by atoms with van der Waals surface area (Å²) in [5.74, 6) is 0.818. The van der Waals surface area contributed by atoms with Gasteiger partial charge < -0.3 is 11.1 Å². The van der Waals surface area contributed by atoms with Crippen LogP contribution in [-0.4, -0.2) is 29.9 Å². The minimum absolute atomic E-state index is 0.0602. The van der Waals surface area contributed by atoms with Crippen LogP contribution in [0.5, 0.6) is 0 Å². The molecule has 0 saturated carbocycles. The van der Waals surface area contributed by atoms with Crippen molar-refractivity contribution in [3.8, 4) is 0 Å². The highest BCUT2D eigenvalue weighted by Gasteiger charge is 1.99. The molecule has 0 spiro atoms. The SMILES string of the molecule is CC/C=C\C/C=C\C/C=C\C/C=C\C/C=C\C/C=C\CCC(=O)NCCSSCC(N)=O. The van der Waals surface area contributed by atoms with Crippen molar-refractivity contribution in [2.45, 2.75) is 58.3 Å². The molecule has 0 aliphatic heterocycles. The fourth-order valence-corrected chi connectivity index (χ4v) is 4.04. The Morgan fingerprint density at radius 2 is 1.19 bits per heavy atom. The molecule has 0 heterocycles. The molecule has 3 N–H and O–H groups in total. The maximum absolute atomic E-state index is 11.7. The molecule has 32 heavy (non-hydrogen) atoms. The summed E-state index contributed by atoms with van der Waals surface area (Å²) in [7, 11) is 2.96.